The molecule has 1 aliphatic rings. The summed E-state index contributed by atoms with van der Waals surface area (Å²) in [7, 11) is 0. The third kappa shape index (κ3) is 4.07. The van der Waals surface area contributed by atoms with Gasteiger partial charge in [0.2, 0.25) is 11.8 Å². The number of carbonyl (C=O) groups is 2. The molecule has 0 bridgehead atoms. The van der Waals surface area contributed by atoms with Crippen LogP contribution in [-0.4, -0.2) is 34.8 Å². The van der Waals surface area contributed by atoms with Crippen LogP contribution in [0.3, 0.4) is 0 Å². The molecule has 0 saturated carbocycles. The molecule has 1 fully saturated rings. The first kappa shape index (κ1) is 17.6. The molecule has 2 aromatic rings. The Morgan fingerprint density at radius 1 is 1.28 bits per heavy atom. The third-order valence-corrected chi connectivity index (χ3v) is 5.33. The zero-order valence-electron chi connectivity index (χ0n) is 14.9. The normalized spacial score (nSPS) is 14.7. The number of nitrogens with zero attached hydrogens (tertiary/aromatic N) is 2. The van der Waals surface area contributed by atoms with Crippen LogP contribution < -0.4 is 5.32 Å². The van der Waals surface area contributed by atoms with Gasteiger partial charge in [-0.1, -0.05) is 17.7 Å². The van der Waals surface area contributed by atoms with E-state index in [-0.39, 0.29) is 18.4 Å². The Morgan fingerprint density at radius 3 is 2.84 bits per heavy atom. The first-order valence-corrected chi connectivity index (χ1v) is 9.38. The molecule has 132 valence electrons. The molecule has 25 heavy (non-hydrogen) atoms. The Bertz CT molecular complexity index is 813. The Hall–Kier alpha value is -2.21. The highest BCUT2D eigenvalue weighted by Gasteiger charge is 2.21. The van der Waals surface area contributed by atoms with Gasteiger partial charge in [-0.2, -0.15) is 0 Å². The van der Waals surface area contributed by atoms with Crippen LogP contribution in [0.5, 0.6) is 0 Å². The lowest BCUT2D eigenvalue weighted by Crippen LogP contribution is -2.40. The molecule has 1 saturated heterocycles. The lowest BCUT2D eigenvalue weighted by Gasteiger charge is -2.25. The molecule has 0 radical (unpaired) electrons. The van der Waals surface area contributed by atoms with Crippen LogP contribution in [0.2, 0.25) is 0 Å². The number of hydrogen-bond acceptors (Lipinski definition) is 4. The van der Waals surface area contributed by atoms with Crippen LogP contribution >= 0.6 is 11.3 Å². The fraction of sp³-hybridized carbons (Fsp3) is 0.421. The number of thiazole rings is 1. The van der Waals surface area contributed by atoms with Crippen molar-refractivity contribution in [3.05, 3.63) is 34.2 Å². The largest absolute Gasteiger partial charge is 0.333 e. The van der Waals surface area contributed by atoms with E-state index in [0.717, 1.165) is 34.5 Å². The first-order valence-electron chi connectivity index (χ1n) is 8.56. The van der Waals surface area contributed by atoms with E-state index in [1.807, 2.05) is 6.92 Å². The van der Waals surface area contributed by atoms with Crippen molar-refractivity contribution in [2.45, 2.75) is 40.0 Å². The summed E-state index contributed by atoms with van der Waals surface area (Å²) in [6.45, 7) is 6.91. The fourth-order valence-corrected chi connectivity index (χ4v) is 3.90. The summed E-state index contributed by atoms with van der Waals surface area (Å²) in [4.78, 5) is 31.4. The van der Waals surface area contributed by atoms with Crippen LogP contribution in [0.25, 0.3) is 11.3 Å². The summed E-state index contributed by atoms with van der Waals surface area (Å²) >= 11 is 1.47. The molecule has 0 aliphatic carbocycles. The molecule has 1 aromatic heterocycles. The Morgan fingerprint density at radius 2 is 2.08 bits per heavy atom. The van der Waals surface area contributed by atoms with E-state index in [2.05, 4.69) is 42.3 Å². The number of likely N-dealkylation sites (tertiary alicyclic amines) is 1. The number of piperidine rings is 1. The zero-order valence-corrected chi connectivity index (χ0v) is 15.7. The molecule has 1 aromatic carbocycles. The van der Waals surface area contributed by atoms with Gasteiger partial charge in [0.25, 0.3) is 0 Å². The third-order valence-electron chi connectivity index (χ3n) is 4.45. The van der Waals surface area contributed by atoms with Crippen molar-refractivity contribution in [1.82, 2.24) is 9.88 Å². The minimum Gasteiger partial charge on any atom is -0.333 e. The number of nitrogens with one attached hydrogen (secondary N) is 1. The van der Waals surface area contributed by atoms with Crippen molar-refractivity contribution in [2.24, 2.45) is 0 Å². The number of benzene rings is 1. The number of hydrogen-bond donors (Lipinski definition) is 1. The molecular weight excluding hydrogens is 334 g/mol. The van der Waals surface area contributed by atoms with E-state index in [0.29, 0.717) is 18.1 Å². The molecule has 1 N–H and O–H groups in total. The van der Waals surface area contributed by atoms with E-state index >= 15 is 0 Å². The van der Waals surface area contributed by atoms with Crippen LogP contribution in [0.1, 0.15) is 35.3 Å². The standard InChI is InChI=1S/C19H23N3O2S/c1-12-7-8-13(2)15(10-12)18-14(3)25-19(21-18)20-16(23)11-22-9-5-4-6-17(22)24/h7-8,10H,4-6,9,11H2,1-3H3,(H,20,21,23). The lowest BCUT2D eigenvalue weighted by molar-refractivity contribution is -0.136. The van der Waals surface area contributed by atoms with Gasteiger partial charge in [-0.3, -0.25) is 9.59 Å². The maximum absolute atomic E-state index is 12.3. The van der Waals surface area contributed by atoms with Gasteiger partial charge in [0.15, 0.2) is 5.13 Å². The highest BCUT2D eigenvalue weighted by molar-refractivity contribution is 7.16. The number of rotatable bonds is 4. The van der Waals surface area contributed by atoms with Crippen LogP contribution in [0.4, 0.5) is 5.13 Å². The predicted molar refractivity (Wildman–Crippen MR) is 101 cm³/mol. The Kier molecular flexibility index (Phi) is 5.18. The van der Waals surface area contributed by atoms with E-state index in [4.69, 9.17) is 0 Å². The number of carbonyl (C=O) groups excluding carboxylic acids is 2. The number of amides is 2. The Balaban J connectivity index is 1.73. The Labute approximate surface area is 152 Å². The quantitative estimate of drug-likeness (QED) is 0.908. The smallest absolute Gasteiger partial charge is 0.245 e. The summed E-state index contributed by atoms with van der Waals surface area (Å²) in [5.74, 6) is -0.121. The highest BCUT2D eigenvalue weighted by Crippen LogP contribution is 2.32. The van der Waals surface area contributed by atoms with Crippen molar-refractivity contribution >= 4 is 28.3 Å². The average Bonchev–Trinajstić information content (AvgIpc) is 2.92. The van der Waals surface area contributed by atoms with E-state index in [1.165, 1.54) is 16.9 Å². The van der Waals surface area contributed by atoms with Gasteiger partial charge >= 0.3 is 0 Å². The second-order valence-electron chi connectivity index (χ2n) is 6.56. The summed E-state index contributed by atoms with van der Waals surface area (Å²) < 4.78 is 0. The van der Waals surface area contributed by atoms with Crippen LogP contribution in [0.15, 0.2) is 18.2 Å². The first-order chi connectivity index (χ1) is 11.9. The molecule has 0 spiro atoms. The molecule has 6 heteroatoms. The molecule has 0 atom stereocenters. The molecule has 2 heterocycles. The maximum atomic E-state index is 12.3. The van der Waals surface area contributed by atoms with Crippen molar-refractivity contribution < 1.29 is 9.59 Å². The zero-order chi connectivity index (χ0) is 18.0. The number of anilines is 1. The monoisotopic (exact) mass is 357 g/mol. The van der Waals surface area contributed by atoms with Gasteiger partial charge < -0.3 is 10.2 Å². The minimum absolute atomic E-state index is 0.0628. The van der Waals surface area contributed by atoms with Gasteiger partial charge in [0, 0.05) is 23.4 Å². The van der Waals surface area contributed by atoms with Crippen molar-refractivity contribution in [3.8, 4) is 11.3 Å². The van der Waals surface area contributed by atoms with Gasteiger partial charge in [0.1, 0.15) is 0 Å². The molecular formula is C19H23N3O2S. The van der Waals surface area contributed by atoms with Crippen molar-refractivity contribution in [2.75, 3.05) is 18.4 Å². The summed E-state index contributed by atoms with van der Waals surface area (Å²) in [5, 5.41) is 3.44. The summed E-state index contributed by atoms with van der Waals surface area (Å²) in [5.41, 5.74) is 4.36. The highest BCUT2D eigenvalue weighted by atomic mass is 32.1. The SMILES string of the molecule is Cc1ccc(C)c(-c2nc(NC(=O)CN3CCCCC3=O)sc2C)c1. The molecule has 5 nitrogen and oxygen atoms in total. The van der Waals surface area contributed by atoms with Gasteiger partial charge in [0.05, 0.1) is 12.2 Å². The molecule has 3 rings (SSSR count). The van der Waals surface area contributed by atoms with Gasteiger partial charge in [-0.25, -0.2) is 4.98 Å². The summed E-state index contributed by atoms with van der Waals surface area (Å²) in [6, 6.07) is 6.29. The van der Waals surface area contributed by atoms with E-state index in [9.17, 15) is 9.59 Å². The average molecular weight is 357 g/mol. The van der Waals surface area contributed by atoms with Crippen molar-refractivity contribution in [1.29, 1.82) is 0 Å². The predicted octanol–water partition coefficient (Wildman–Crippen LogP) is 3.69. The van der Waals surface area contributed by atoms with Crippen LogP contribution in [0, 0.1) is 20.8 Å². The van der Waals surface area contributed by atoms with Gasteiger partial charge in [-0.05, 0) is 45.2 Å². The van der Waals surface area contributed by atoms with Crippen LogP contribution in [-0.2, 0) is 9.59 Å². The number of aryl methyl sites for hydroxylation is 3. The topological polar surface area (TPSA) is 62.3 Å². The molecule has 1 aliphatic heterocycles. The fourth-order valence-electron chi connectivity index (χ4n) is 3.05. The minimum atomic E-state index is -0.184. The van der Waals surface area contributed by atoms with E-state index in [1.54, 1.807) is 4.90 Å². The van der Waals surface area contributed by atoms with E-state index < -0.39 is 0 Å². The maximum Gasteiger partial charge on any atom is 0.245 e. The second kappa shape index (κ2) is 7.35. The lowest BCUT2D eigenvalue weighted by atomic mass is 10.0. The second-order valence-corrected chi connectivity index (χ2v) is 7.77. The molecule has 0 unspecified atom stereocenters. The number of aromatic nitrogens is 1. The van der Waals surface area contributed by atoms with Gasteiger partial charge in [-0.15, -0.1) is 11.3 Å². The molecule has 2 amide bonds. The van der Waals surface area contributed by atoms with Crippen molar-refractivity contribution in [3.63, 3.8) is 0 Å². The summed E-state index contributed by atoms with van der Waals surface area (Å²) in [6.07, 6.45) is 2.43.